The van der Waals surface area contributed by atoms with Crippen molar-refractivity contribution in [1.29, 1.82) is 0 Å². The van der Waals surface area contributed by atoms with Crippen LogP contribution in [-0.4, -0.2) is 12.6 Å². The predicted molar refractivity (Wildman–Crippen MR) is 63.7 cm³/mol. The van der Waals surface area contributed by atoms with Crippen LogP contribution in [0.3, 0.4) is 0 Å². The Morgan fingerprint density at radius 3 is 2.67 bits per heavy atom. The van der Waals surface area contributed by atoms with Gasteiger partial charge in [0.05, 0.1) is 13.0 Å². The quantitative estimate of drug-likeness (QED) is 0.453. The summed E-state index contributed by atoms with van der Waals surface area (Å²) in [5, 5.41) is 0. The average Bonchev–Trinajstić information content (AvgIpc) is 2.26. The molecule has 0 aliphatic carbocycles. The summed E-state index contributed by atoms with van der Waals surface area (Å²) < 4.78 is 5.20. The van der Waals surface area contributed by atoms with Crippen LogP contribution < -0.4 is 0 Å². The van der Waals surface area contributed by atoms with Crippen LogP contribution in [0.4, 0.5) is 0 Å². The van der Waals surface area contributed by atoms with E-state index in [1.165, 1.54) is 19.3 Å². The highest BCUT2D eigenvalue weighted by Gasteiger charge is 2.08. The second-order valence-corrected chi connectivity index (χ2v) is 3.87. The van der Waals surface area contributed by atoms with E-state index >= 15 is 0 Å². The van der Waals surface area contributed by atoms with Crippen LogP contribution in [0.2, 0.25) is 0 Å². The Labute approximate surface area is 93.7 Å². The number of hydrogen-bond acceptors (Lipinski definition) is 2. The Hall–Kier alpha value is -0.790. The minimum absolute atomic E-state index is 0.108. The fourth-order valence-corrected chi connectivity index (χ4v) is 1.38. The van der Waals surface area contributed by atoms with Gasteiger partial charge in [-0.15, -0.1) is 0 Å². The van der Waals surface area contributed by atoms with E-state index in [4.69, 9.17) is 4.74 Å². The van der Waals surface area contributed by atoms with E-state index in [0.29, 0.717) is 18.9 Å². The Morgan fingerprint density at radius 2 is 2.13 bits per heavy atom. The fourth-order valence-electron chi connectivity index (χ4n) is 1.38. The number of carbonyl (C=O) groups is 1. The van der Waals surface area contributed by atoms with Crippen molar-refractivity contribution < 1.29 is 9.53 Å². The molecule has 0 radical (unpaired) electrons. The molecule has 0 aliphatic rings. The monoisotopic (exact) mass is 212 g/mol. The largest absolute Gasteiger partial charge is 0.465 e. The fraction of sp³-hybridized carbons (Fsp3) is 0.769. The number of carbonyl (C=O) groups excluding carboxylic acids is 1. The number of ether oxygens (including phenoxy) is 1. The molecule has 0 spiro atoms. The predicted octanol–water partition coefficient (Wildman–Crippen LogP) is 3.71. The zero-order chi connectivity index (χ0) is 11.5. The Bertz CT molecular complexity index is 185. The van der Waals surface area contributed by atoms with Gasteiger partial charge in [0.1, 0.15) is 0 Å². The van der Waals surface area contributed by atoms with Gasteiger partial charge < -0.3 is 4.74 Å². The summed E-state index contributed by atoms with van der Waals surface area (Å²) in [6.07, 6.45) is 8.81. The van der Waals surface area contributed by atoms with E-state index in [-0.39, 0.29) is 5.97 Å². The van der Waals surface area contributed by atoms with Crippen molar-refractivity contribution in [2.75, 3.05) is 6.61 Å². The summed E-state index contributed by atoms with van der Waals surface area (Å²) in [5.41, 5.74) is 0. The molecule has 1 unspecified atom stereocenters. The molecule has 0 bridgehead atoms. The summed E-state index contributed by atoms with van der Waals surface area (Å²) in [6, 6.07) is 0. The highest BCUT2D eigenvalue weighted by Crippen LogP contribution is 2.13. The molecule has 0 N–H and O–H groups in total. The molecule has 2 nitrogen and oxygen atoms in total. The van der Waals surface area contributed by atoms with Gasteiger partial charge in [0.2, 0.25) is 0 Å². The van der Waals surface area contributed by atoms with E-state index < -0.39 is 0 Å². The zero-order valence-corrected chi connectivity index (χ0v) is 10.3. The van der Waals surface area contributed by atoms with Gasteiger partial charge in [-0.3, -0.25) is 4.79 Å². The van der Waals surface area contributed by atoms with Crippen LogP contribution >= 0.6 is 0 Å². The molecular formula is C13H24O2. The van der Waals surface area contributed by atoms with Crippen LogP contribution in [-0.2, 0) is 9.53 Å². The van der Waals surface area contributed by atoms with Gasteiger partial charge in [0.15, 0.2) is 0 Å². The first kappa shape index (κ1) is 14.2. The molecule has 0 rings (SSSR count). The molecule has 15 heavy (non-hydrogen) atoms. The molecule has 0 fully saturated rings. The standard InChI is InChI=1S/C13H24O2/c1-4-7-9-12(6-3)11-15-13(14)10-8-5-2/h5,8,12H,4,6-7,9-11H2,1-3H3. The van der Waals surface area contributed by atoms with Crippen molar-refractivity contribution >= 4 is 5.97 Å². The number of esters is 1. The molecular weight excluding hydrogens is 188 g/mol. The van der Waals surface area contributed by atoms with E-state index in [1.807, 2.05) is 19.1 Å². The normalized spacial score (nSPS) is 13.0. The highest BCUT2D eigenvalue weighted by atomic mass is 16.5. The van der Waals surface area contributed by atoms with Gasteiger partial charge in [-0.1, -0.05) is 45.3 Å². The molecule has 1 atom stereocenters. The summed E-state index contributed by atoms with van der Waals surface area (Å²) >= 11 is 0. The van der Waals surface area contributed by atoms with Crippen molar-refractivity contribution in [2.45, 2.75) is 52.9 Å². The maximum atomic E-state index is 11.2. The second kappa shape index (κ2) is 9.75. The molecule has 0 aliphatic heterocycles. The van der Waals surface area contributed by atoms with Crippen LogP contribution in [0.5, 0.6) is 0 Å². The maximum Gasteiger partial charge on any atom is 0.309 e. The summed E-state index contributed by atoms with van der Waals surface area (Å²) in [6.45, 7) is 6.83. The Kier molecular flexibility index (Phi) is 9.24. The van der Waals surface area contributed by atoms with E-state index in [0.717, 1.165) is 6.42 Å². The van der Waals surface area contributed by atoms with Gasteiger partial charge in [-0.2, -0.15) is 0 Å². The third-order valence-corrected chi connectivity index (χ3v) is 2.54. The Morgan fingerprint density at radius 1 is 1.40 bits per heavy atom. The zero-order valence-electron chi connectivity index (χ0n) is 10.3. The van der Waals surface area contributed by atoms with Crippen molar-refractivity contribution in [3.8, 4) is 0 Å². The van der Waals surface area contributed by atoms with E-state index in [2.05, 4.69) is 13.8 Å². The minimum Gasteiger partial charge on any atom is -0.465 e. The molecule has 2 heteroatoms. The molecule has 0 aromatic heterocycles. The number of unbranched alkanes of at least 4 members (excludes halogenated alkanes) is 1. The van der Waals surface area contributed by atoms with Crippen LogP contribution in [0.1, 0.15) is 52.9 Å². The van der Waals surface area contributed by atoms with E-state index in [1.54, 1.807) is 0 Å². The lowest BCUT2D eigenvalue weighted by atomic mass is 10.0. The van der Waals surface area contributed by atoms with Gasteiger partial charge in [-0.25, -0.2) is 0 Å². The summed E-state index contributed by atoms with van der Waals surface area (Å²) in [5.74, 6) is 0.433. The van der Waals surface area contributed by atoms with Gasteiger partial charge in [0.25, 0.3) is 0 Å². The van der Waals surface area contributed by atoms with Crippen LogP contribution in [0.15, 0.2) is 12.2 Å². The Balaban J connectivity index is 3.64. The second-order valence-electron chi connectivity index (χ2n) is 3.87. The van der Waals surface area contributed by atoms with E-state index in [9.17, 15) is 4.79 Å². The molecule has 0 aromatic carbocycles. The van der Waals surface area contributed by atoms with Crippen molar-refractivity contribution in [3.63, 3.8) is 0 Å². The first-order chi connectivity index (χ1) is 7.24. The number of allylic oxidation sites excluding steroid dienone is 1. The van der Waals surface area contributed by atoms with Crippen LogP contribution in [0, 0.1) is 5.92 Å². The lowest BCUT2D eigenvalue weighted by Crippen LogP contribution is -2.13. The summed E-state index contributed by atoms with van der Waals surface area (Å²) in [7, 11) is 0. The van der Waals surface area contributed by atoms with Crippen molar-refractivity contribution in [3.05, 3.63) is 12.2 Å². The van der Waals surface area contributed by atoms with Gasteiger partial charge >= 0.3 is 5.97 Å². The molecule has 0 aromatic rings. The molecule has 0 heterocycles. The first-order valence-corrected chi connectivity index (χ1v) is 6.01. The number of hydrogen-bond donors (Lipinski definition) is 0. The third-order valence-electron chi connectivity index (χ3n) is 2.54. The molecule has 88 valence electrons. The summed E-state index contributed by atoms with van der Waals surface area (Å²) in [4.78, 5) is 11.2. The topological polar surface area (TPSA) is 26.3 Å². The average molecular weight is 212 g/mol. The third kappa shape index (κ3) is 8.22. The van der Waals surface area contributed by atoms with Gasteiger partial charge in [0, 0.05) is 0 Å². The number of rotatable bonds is 8. The maximum absolute atomic E-state index is 11.2. The van der Waals surface area contributed by atoms with Crippen molar-refractivity contribution in [2.24, 2.45) is 5.92 Å². The van der Waals surface area contributed by atoms with Crippen LogP contribution in [0.25, 0.3) is 0 Å². The SMILES string of the molecule is CC=CCC(=O)OCC(CC)CCCC. The first-order valence-electron chi connectivity index (χ1n) is 6.01. The molecule has 0 saturated carbocycles. The minimum atomic E-state index is -0.108. The lowest BCUT2D eigenvalue weighted by Gasteiger charge is -2.14. The highest BCUT2D eigenvalue weighted by molar-refractivity contribution is 5.71. The van der Waals surface area contributed by atoms with Gasteiger partial charge in [-0.05, 0) is 19.3 Å². The smallest absolute Gasteiger partial charge is 0.309 e. The lowest BCUT2D eigenvalue weighted by molar-refractivity contribution is -0.144. The molecule has 0 amide bonds. The van der Waals surface area contributed by atoms with Crippen molar-refractivity contribution in [1.82, 2.24) is 0 Å². The molecule has 0 saturated heterocycles.